The lowest BCUT2D eigenvalue weighted by atomic mass is 9.99. The second-order valence-electron chi connectivity index (χ2n) is 6.11. The number of urea groups is 1. The van der Waals surface area contributed by atoms with E-state index >= 15 is 0 Å². The summed E-state index contributed by atoms with van der Waals surface area (Å²) in [5.74, 6) is -0.146. The first kappa shape index (κ1) is 15.2. The van der Waals surface area contributed by atoms with E-state index in [4.69, 9.17) is 5.73 Å². The van der Waals surface area contributed by atoms with Gasteiger partial charge in [-0.2, -0.15) is 5.10 Å². The van der Waals surface area contributed by atoms with E-state index in [0.29, 0.717) is 13.1 Å². The lowest BCUT2D eigenvalue weighted by Gasteiger charge is -2.15. The van der Waals surface area contributed by atoms with Crippen LogP contribution < -0.4 is 11.1 Å². The van der Waals surface area contributed by atoms with Gasteiger partial charge in [0.2, 0.25) is 5.91 Å². The third-order valence-corrected chi connectivity index (χ3v) is 4.45. The summed E-state index contributed by atoms with van der Waals surface area (Å²) >= 11 is 0. The molecule has 0 fully saturated rings. The topological polar surface area (TPSA) is 104 Å². The molecule has 0 radical (unpaired) electrons. The zero-order valence-electron chi connectivity index (χ0n) is 13.7. The van der Waals surface area contributed by atoms with Crippen molar-refractivity contribution in [2.24, 2.45) is 5.73 Å². The summed E-state index contributed by atoms with van der Waals surface area (Å²) in [7, 11) is 0. The molecule has 0 bridgehead atoms. The number of aromatic nitrogens is 2. The molecule has 1 aliphatic heterocycles. The number of rotatable bonds is 2. The third-order valence-electron chi connectivity index (χ3n) is 4.45. The van der Waals surface area contributed by atoms with E-state index < -0.39 is 6.03 Å². The Bertz CT molecular complexity index is 1010. The van der Waals surface area contributed by atoms with Crippen LogP contribution in [-0.4, -0.2) is 27.0 Å². The first-order chi connectivity index (χ1) is 12.0. The van der Waals surface area contributed by atoms with E-state index in [0.717, 1.165) is 39.0 Å². The average Bonchev–Trinajstić information content (AvgIpc) is 3.16. The Morgan fingerprint density at radius 2 is 2.00 bits per heavy atom. The van der Waals surface area contributed by atoms with Crippen LogP contribution in [0.3, 0.4) is 0 Å². The number of amides is 3. The minimum atomic E-state index is -0.468. The molecule has 4 rings (SSSR count). The van der Waals surface area contributed by atoms with Crippen molar-refractivity contribution in [3.63, 3.8) is 0 Å². The average molecular weight is 335 g/mol. The zero-order valence-corrected chi connectivity index (χ0v) is 13.7. The molecule has 0 spiro atoms. The van der Waals surface area contributed by atoms with Gasteiger partial charge in [-0.15, -0.1) is 0 Å². The summed E-state index contributed by atoms with van der Waals surface area (Å²) in [5, 5.41) is 12.3. The Morgan fingerprint density at radius 1 is 1.20 bits per heavy atom. The number of H-pyrrole nitrogens is 1. The van der Waals surface area contributed by atoms with Crippen LogP contribution >= 0.6 is 0 Å². The maximum atomic E-state index is 11.7. The molecular weight excluding hydrogens is 318 g/mol. The molecule has 3 amide bonds. The van der Waals surface area contributed by atoms with Gasteiger partial charge in [-0.05, 0) is 5.39 Å². The van der Waals surface area contributed by atoms with Gasteiger partial charge in [0.15, 0.2) is 0 Å². The Labute approximate surface area is 143 Å². The number of nitrogens with one attached hydrogen (secondary N) is 2. The number of aromatic amines is 1. The third kappa shape index (κ3) is 2.50. The molecule has 0 saturated heterocycles. The van der Waals surface area contributed by atoms with Gasteiger partial charge in [0.1, 0.15) is 0 Å². The van der Waals surface area contributed by atoms with Gasteiger partial charge in [0.25, 0.3) is 0 Å². The van der Waals surface area contributed by atoms with Crippen LogP contribution in [0.15, 0.2) is 36.4 Å². The Kier molecular flexibility index (Phi) is 3.42. The molecule has 0 aliphatic carbocycles. The van der Waals surface area contributed by atoms with Crippen LogP contribution in [0.4, 0.5) is 10.5 Å². The first-order valence-corrected chi connectivity index (χ1v) is 7.95. The highest BCUT2D eigenvalue weighted by Crippen LogP contribution is 2.38. The SMILES string of the molecule is CC(=O)Nc1c(-c2[nH]nc3c2CN(C(N)=O)C3)ccc2ccccc12. The highest BCUT2D eigenvalue weighted by Gasteiger charge is 2.28. The second-order valence-corrected chi connectivity index (χ2v) is 6.11. The van der Waals surface area contributed by atoms with Gasteiger partial charge in [0.05, 0.1) is 30.2 Å². The Hall–Kier alpha value is -3.35. The molecule has 0 unspecified atom stereocenters. The largest absolute Gasteiger partial charge is 0.351 e. The minimum absolute atomic E-state index is 0.146. The van der Waals surface area contributed by atoms with Crippen LogP contribution in [0.5, 0.6) is 0 Å². The summed E-state index contributed by atoms with van der Waals surface area (Å²) in [5.41, 5.74) is 9.49. The smallest absolute Gasteiger partial charge is 0.315 e. The fourth-order valence-electron chi connectivity index (χ4n) is 3.30. The lowest BCUT2D eigenvalue weighted by Crippen LogP contribution is -2.31. The highest BCUT2D eigenvalue weighted by atomic mass is 16.2. The molecule has 0 saturated carbocycles. The molecule has 2 heterocycles. The second kappa shape index (κ2) is 5.62. The van der Waals surface area contributed by atoms with Crippen LogP contribution in [0.25, 0.3) is 22.0 Å². The summed E-state index contributed by atoms with van der Waals surface area (Å²) in [4.78, 5) is 24.7. The predicted molar refractivity (Wildman–Crippen MR) is 94.7 cm³/mol. The minimum Gasteiger partial charge on any atom is -0.351 e. The molecule has 7 nitrogen and oxygen atoms in total. The normalized spacial score (nSPS) is 13.1. The summed E-state index contributed by atoms with van der Waals surface area (Å²) in [6, 6.07) is 11.3. The number of nitrogens with zero attached hydrogens (tertiary/aromatic N) is 2. The van der Waals surface area contributed by atoms with Gasteiger partial charge in [-0.25, -0.2) is 4.79 Å². The van der Waals surface area contributed by atoms with Crippen LogP contribution in [0, 0.1) is 0 Å². The van der Waals surface area contributed by atoms with Crippen molar-refractivity contribution in [1.82, 2.24) is 15.1 Å². The van der Waals surface area contributed by atoms with Crippen molar-refractivity contribution in [1.29, 1.82) is 0 Å². The molecule has 3 aromatic rings. The number of nitrogens with two attached hydrogens (primary N) is 1. The number of hydrogen-bond acceptors (Lipinski definition) is 3. The first-order valence-electron chi connectivity index (χ1n) is 7.95. The molecule has 1 aliphatic rings. The van der Waals surface area contributed by atoms with Gasteiger partial charge in [-0.3, -0.25) is 9.89 Å². The number of fused-ring (bicyclic) bond motifs is 2. The number of carbonyl (C=O) groups excluding carboxylic acids is 2. The van der Waals surface area contributed by atoms with Crippen LogP contribution in [-0.2, 0) is 17.9 Å². The molecule has 25 heavy (non-hydrogen) atoms. The van der Waals surface area contributed by atoms with Crippen molar-refractivity contribution in [3.8, 4) is 11.3 Å². The van der Waals surface area contributed by atoms with E-state index in [2.05, 4.69) is 15.5 Å². The zero-order chi connectivity index (χ0) is 17.6. The number of carbonyl (C=O) groups is 2. The lowest BCUT2D eigenvalue weighted by molar-refractivity contribution is -0.114. The molecule has 7 heteroatoms. The van der Waals surface area contributed by atoms with Gasteiger partial charge >= 0.3 is 6.03 Å². The fourth-order valence-corrected chi connectivity index (χ4v) is 3.30. The summed E-state index contributed by atoms with van der Waals surface area (Å²) in [6.07, 6.45) is 0. The maximum Gasteiger partial charge on any atom is 0.315 e. The number of hydrogen-bond donors (Lipinski definition) is 3. The monoisotopic (exact) mass is 335 g/mol. The van der Waals surface area contributed by atoms with Crippen molar-refractivity contribution < 1.29 is 9.59 Å². The summed E-state index contributed by atoms with van der Waals surface area (Å²) < 4.78 is 0. The fraction of sp³-hybridized carbons (Fsp3) is 0.167. The van der Waals surface area contributed by atoms with Gasteiger partial charge < -0.3 is 16.0 Å². The van der Waals surface area contributed by atoms with E-state index in [1.807, 2.05) is 36.4 Å². The van der Waals surface area contributed by atoms with Crippen molar-refractivity contribution >= 4 is 28.4 Å². The van der Waals surface area contributed by atoms with Gasteiger partial charge in [-0.1, -0.05) is 36.4 Å². The summed E-state index contributed by atoms with van der Waals surface area (Å²) in [6.45, 7) is 2.28. The Morgan fingerprint density at radius 3 is 2.76 bits per heavy atom. The molecule has 1 aromatic heterocycles. The van der Waals surface area contributed by atoms with E-state index in [9.17, 15) is 9.59 Å². The van der Waals surface area contributed by atoms with Crippen molar-refractivity contribution in [2.75, 3.05) is 5.32 Å². The number of anilines is 1. The van der Waals surface area contributed by atoms with E-state index in [1.165, 1.54) is 11.8 Å². The number of primary amides is 1. The number of benzene rings is 2. The molecule has 4 N–H and O–H groups in total. The molecular formula is C18H17N5O2. The molecule has 2 aromatic carbocycles. The predicted octanol–water partition coefficient (Wildman–Crippen LogP) is 2.58. The highest BCUT2D eigenvalue weighted by molar-refractivity contribution is 6.07. The quantitative estimate of drug-likeness (QED) is 0.670. The van der Waals surface area contributed by atoms with Crippen LogP contribution in [0.1, 0.15) is 18.2 Å². The standard InChI is InChI=1S/C18H17N5O2/c1-10(24)20-16-12-5-3-2-4-11(12)6-7-13(16)17-14-8-23(18(19)25)9-15(14)21-22-17/h2-7H,8-9H2,1H3,(H2,19,25)(H,20,24)(H,21,22). The van der Waals surface area contributed by atoms with Crippen molar-refractivity contribution in [3.05, 3.63) is 47.7 Å². The van der Waals surface area contributed by atoms with E-state index in [-0.39, 0.29) is 5.91 Å². The van der Waals surface area contributed by atoms with E-state index in [1.54, 1.807) is 0 Å². The Balaban J connectivity index is 1.89. The van der Waals surface area contributed by atoms with Gasteiger partial charge in [0, 0.05) is 23.4 Å². The molecule has 126 valence electrons. The maximum absolute atomic E-state index is 11.7. The van der Waals surface area contributed by atoms with Crippen LogP contribution in [0.2, 0.25) is 0 Å². The molecule has 0 atom stereocenters. The van der Waals surface area contributed by atoms with Crippen molar-refractivity contribution in [2.45, 2.75) is 20.0 Å².